The largest absolute Gasteiger partial charge is 0.506 e. The molecular weight excluding hydrogens is 177 g/mol. The van der Waals surface area contributed by atoms with Gasteiger partial charge in [0.15, 0.2) is 0 Å². The van der Waals surface area contributed by atoms with Crippen LogP contribution in [0.5, 0.6) is 5.75 Å². The van der Waals surface area contributed by atoms with E-state index in [-0.39, 0.29) is 11.1 Å². The summed E-state index contributed by atoms with van der Waals surface area (Å²) in [6, 6.07) is 2.75. The second-order valence-electron chi connectivity index (χ2n) is 2.46. The molecule has 12 heavy (non-hydrogen) atoms. The fourth-order valence-corrected chi connectivity index (χ4v) is 1.99. The van der Waals surface area contributed by atoms with E-state index in [0.717, 1.165) is 0 Å². The number of nitrogen functional groups attached to an aromatic ring is 1. The van der Waals surface area contributed by atoms with Gasteiger partial charge in [0.25, 0.3) is 0 Å². The zero-order valence-electron chi connectivity index (χ0n) is 6.04. The Morgan fingerprint density at radius 2 is 2.17 bits per heavy atom. The van der Waals surface area contributed by atoms with Crippen LogP contribution in [0, 0.1) is 5.82 Å². The first-order valence-corrected chi connectivity index (χ1v) is 4.22. The molecule has 1 aromatic heterocycles. The van der Waals surface area contributed by atoms with Gasteiger partial charge in [-0.1, -0.05) is 0 Å². The van der Waals surface area contributed by atoms with Crippen molar-refractivity contribution in [1.29, 1.82) is 0 Å². The third kappa shape index (κ3) is 0.848. The third-order valence-electron chi connectivity index (χ3n) is 1.68. The number of aromatic hydroxyl groups is 1. The Balaban J connectivity index is 2.98. The molecule has 3 N–H and O–H groups in total. The predicted molar refractivity (Wildman–Crippen MR) is 47.9 cm³/mol. The number of hydrogen-bond donors (Lipinski definition) is 2. The fraction of sp³-hybridized carbons (Fsp3) is 0. The average molecular weight is 183 g/mol. The van der Waals surface area contributed by atoms with E-state index in [1.54, 1.807) is 0 Å². The maximum absolute atomic E-state index is 13.1. The summed E-state index contributed by atoms with van der Waals surface area (Å²) in [7, 11) is 0. The van der Waals surface area contributed by atoms with Crippen LogP contribution in [0.25, 0.3) is 10.1 Å². The highest BCUT2D eigenvalue weighted by Gasteiger charge is 2.09. The van der Waals surface area contributed by atoms with Gasteiger partial charge in [0.2, 0.25) is 0 Å². The molecule has 0 aliphatic carbocycles. The summed E-state index contributed by atoms with van der Waals surface area (Å²) in [5, 5.41) is 10.9. The van der Waals surface area contributed by atoms with Gasteiger partial charge in [-0.3, -0.25) is 0 Å². The molecule has 2 nitrogen and oxygen atoms in total. The van der Waals surface area contributed by atoms with Crippen molar-refractivity contribution in [3.05, 3.63) is 23.3 Å². The van der Waals surface area contributed by atoms with Crippen LogP contribution in [0.3, 0.4) is 0 Å². The van der Waals surface area contributed by atoms with Gasteiger partial charge in [-0.15, -0.1) is 11.3 Å². The van der Waals surface area contributed by atoms with Crippen molar-refractivity contribution >= 4 is 27.1 Å². The molecule has 0 aliphatic heterocycles. The highest BCUT2D eigenvalue weighted by molar-refractivity contribution is 7.18. The van der Waals surface area contributed by atoms with E-state index in [4.69, 9.17) is 5.73 Å². The molecule has 1 heterocycles. The first-order chi connectivity index (χ1) is 5.70. The second-order valence-corrected chi connectivity index (χ2v) is 3.34. The van der Waals surface area contributed by atoms with Crippen molar-refractivity contribution in [1.82, 2.24) is 0 Å². The lowest BCUT2D eigenvalue weighted by molar-refractivity contribution is 0.481. The van der Waals surface area contributed by atoms with Crippen LogP contribution < -0.4 is 5.73 Å². The Labute approximate surface area is 72.1 Å². The molecule has 0 radical (unpaired) electrons. The zero-order chi connectivity index (χ0) is 8.72. The van der Waals surface area contributed by atoms with Gasteiger partial charge in [0.1, 0.15) is 11.6 Å². The fourth-order valence-electron chi connectivity index (χ4n) is 1.11. The van der Waals surface area contributed by atoms with Crippen molar-refractivity contribution in [3.8, 4) is 5.75 Å². The molecular formula is C8H6FNOS. The lowest BCUT2D eigenvalue weighted by atomic mass is 10.2. The van der Waals surface area contributed by atoms with Crippen molar-refractivity contribution in [2.45, 2.75) is 0 Å². The average Bonchev–Trinajstić information content (AvgIpc) is 2.42. The molecule has 0 saturated heterocycles. The molecule has 2 aromatic rings. The predicted octanol–water partition coefficient (Wildman–Crippen LogP) is 2.33. The van der Waals surface area contributed by atoms with Gasteiger partial charge in [-0.25, -0.2) is 4.39 Å². The van der Waals surface area contributed by atoms with Gasteiger partial charge in [-0.2, -0.15) is 0 Å². The van der Waals surface area contributed by atoms with Crippen LogP contribution in [0.15, 0.2) is 17.5 Å². The number of nitrogens with two attached hydrogens (primary N) is 1. The van der Waals surface area contributed by atoms with E-state index in [0.29, 0.717) is 10.4 Å². The third-order valence-corrected chi connectivity index (χ3v) is 2.70. The Kier molecular flexibility index (Phi) is 1.44. The van der Waals surface area contributed by atoms with Crippen LogP contribution >= 0.6 is 11.3 Å². The summed E-state index contributed by atoms with van der Waals surface area (Å²) in [6.07, 6.45) is 0. The summed E-state index contributed by atoms with van der Waals surface area (Å²) >= 11 is 1.24. The van der Waals surface area contributed by atoms with Gasteiger partial charge >= 0.3 is 0 Å². The lowest BCUT2D eigenvalue weighted by Crippen LogP contribution is -1.85. The maximum Gasteiger partial charge on any atom is 0.137 e. The summed E-state index contributed by atoms with van der Waals surface area (Å²) in [5.41, 5.74) is 6.07. The van der Waals surface area contributed by atoms with E-state index in [1.165, 1.54) is 28.8 Å². The molecule has 0 saturated carbocycles. The number of fused-ring (bicyclic) bond motifs is 1. The van der Waals surface area contributed by atoms with E-state index in [9.17, 15) is 9.50 Å². The Hall–Kier alpha value is -1.29. The minimum atomic E-state index is -0.432. The molecule has 2 rings (SSSR count). The van der Waals surface area contributed by atoms with Gasteiger partial charge in [0, 0.05) is 11.1 Å². The highest BCUT2D eigenvalue weighted by atomic mass is 32.1. The normalized spacial score (nSPS) is 10.8. The molecule has 0 bridgehead atoms. The lowest BCUT2D eigenvalue weighted by Gasteiger charge is -1.96. The smallest absolute Gasteiger partial charge is 0.137 e. The molecule has 0 aliphatic rings. The van der Waals surface area contributed by atoms with Crippen molar-refractivity contribution in [3.63, 3.8) is 0 Å². The number of halogens is 1. The molecule has 0 spiro atoms. The first-order valence-electron chi connectivity index (χ1n) is 3.34. The molecule has 0 fully saturated rings. The molecule has 4 heteroatoms. The molecule has 1 aromatic carbocycles. The molecule has 0 amide bonds. The van der Waals surface area contributed by atoms with Crippen LogP contribution in [-0.4, -0.2) is 5.11 Å². The van der Waals surface area contributed by atoms with E-state index in [2.05, 4.69) is 0 Å². The van der Waals surface area contributed by atoms with Crippen molar-refractivity contribution < 1.29 is 9.50 Å². The van der Waals surface area contributed by atoms with Gasteiger partial charge in [0.05, 0.1) is 10.1 Å². The Morgan fingerprint density at radius 1 is 1.42 bits per heavy atom. The number of anilines is 1. The van der Waals surface area contributed by atoms with E-state index >= 15 is 0 Å². The van der Waals surface area contributed by atoms with Crippen molar-refractivity contribution in [2.75, 3.05) is 5.73 Å². The molecule has 0 unspecified atom stereocenters. The molecule has 0 atom stereocenters. The SMILES string of the molecule is Nc1ccc(F)c2c(O)csc12. The second kappa shape index (κ2) is 2.35. The van der Waals surface area contributed by atoms with Crippen LogP contribution in [-0.2, 0) is 0 Å². The minimum absolute atomic E-state index is 0.0419. The van der Waals surface area contributed by atoms with E-state index in [1.807, 2.05) is 0 Å². The summed E-state index contributed by atoms with van der Waals surface area (Å²) in [4.78, 5) is 0. The number of rotatable bonds is 0. The van der Waals surface area contributed by atoms with Crippen LogP contribution in [0.1, 0.15) is 0 Å². The number of hydrogen-bond acceptors (Lipinski definition) is 3. The number of thiophene rings is 1. The quantitative estimate of drug-likeness (QED) is 0.616. The van der Waals surface area contributed by atoms with Gasteiger partial charge in [-0.05, 0) is 12.1 Å². The molecule has 62 valence electrons. The van der Waals surface area contributed by atoms with Crippen LogP contribution in [0.2, 0.25) is 0 Å². The first kappa shape index (κ1) is 7.36. The van der Waals surface area contributed by atoms with Crippen molar-refractivity contribution in [2.24, 2.45) is 0 Å². The Morgan fingerprint density at radius 3 is 2.83 bits per heavy atom. The minimum Gasteiger partial charge on any atom is -0.506 e. The monoisotopic (exact) mass is 183 g/mol. The topological polar surface area (TPSA) is 46.2 Å². The summed E-state index contributed by atoms with van der Waals surface area (Å²) in [5.74, 6) is -0.474. The highest BCUT2D eigenvalue weighted by Crippen LogP contribution is 2.36. The van der Waals surface area contributed by atoms with E-state index < -0.39 is 5.82 Å². The number of benzene rings is 1. The standard InChI is InChI=1S/C8H6FNOS/c9-4-1-2-5(10)8-7(4)6(11)3-12-8/h1-3,11H,10H2. The summed E-state index contributed by atoms with van der Waals surface area (Å²) in [6.45, 7) is 0. The van der Waals surface area contributed by atoms with Crippen LogP contribution in [0.4, 0.5) is 10.1 Å². The van der Waals surface area contributed by atoms with Gasteiger partial charge < -0.3 is 10.8 Å². The maximum atomic E-state index is 13.1. The zero-order valence-corrected chi connectivity index (χ0v) is 6.86. The summed E-state index contributed by atoms with van der Waals surface area (Å²) < 4.78 is 13.7. The Bertz CT molecular complexity index is 438.